The Kier molecular flexibility index (Phi) is 5.20. The number of methoxy groups -OCH3 is 1. The Morgan fingerprint density at radius 1 is 1.17 bits per heavy atom. The zero-order valence-corrected chi connectivity index (χ0v) is 16.4. The summed E-state index contributed by atoms with van der Waals surface area (Å²) in [4.78, 5) is -0.107. The van der Waals surface area contributed by atoms with Crippen molar-refractivity contribution in [2.24, 2.45) is 0 Å². The topological polar surface area (TPSA) is 86.6 Å². The van der Waals surface area contributed by atoms with E-state index < -0.39 is 15.8 Å². The molecule has 4 rings (SSSR count). The van der Waals surface area contributed by atoms with Crippen molar-refractivity contribution < 1.29 is 22.3 Å². The molecule has 0 unspecified atom stereocenters. The van der Waals surface area contributed by atoms with Gasteiger partial charge in [-0.1, -0.05) is 23.4 Å². The zero-order valence-electron chi connectivity index (χ0n) is 15.6. The lowest BCUT2D eigenvalue weighted by Crippen LogP contribution is -2.50. The largest absolute Gasteiger partial charge is 0.494 e. The van der Waals surface area contributed by atoms with Crippen LogP contribution in [0.1, 0.15) is 11.7 Å². The number of para-hydroxylation sites is 1. The van der Waals surface area contributed by atoms with Gasteiger partial charge in [-0.25, -0.2) is 17.5 Å². The van der Waals surface area contributed by atoms with Crippen LogP contribution in [-0.2, 0) is 16.6 Å². The van der Waals surface area contributed by atoms with E-state index in [1.54, 1.807) is 10.9 Å². The Morgan fingerprint density at radius 2 is 1.93 bits per heavy atom. The Balaban J connectivity index is 1.37. The highest BCUT2D eigenvalue weighted by molar-refractivity contribution is 7.89. The van der Waals surface area contributed by atoms with Crippen molar-refractivity contribution in [3.63, 3.8) is 0 Å². The summed E-state index contributed by atoms with van der Waals surface area (Å²) in [5.74, 6) is 0.0120. The van der Waals surface area contributed by atoms with Gasteiger partial charge < -0.3 is 9.47 Å². The van der Waals surface area contributed by atoms with Gasteiger partial charge in [0.1, 0.15) is 18.1 Å². The van der Waals surface area contributed by atoms with Crippen LogP contribution in [0, 0.1) is 5.82 Å². The van der Waals surface area contributed by atoms with Crippen molar-refractivity contribution in [2.75, 3.05) is 20.2 Å². The van der Waals surface area contributed by atoms with E-state index in [-0.39, 0.29) is 36.4 Å². The quantitative estimate of drug-likeness (QED) is 0.585. The first-order valence-corrected chi connectivity index (χ1v) is 10.3. The summed E-state index contributed by atoms with van der Waals surface area (Å²) in [6.45, 7) is 0.737. The van der Waals surface area contributed by atoms with E-state index in [9.17, 15) is 12.8 Å². The van der Waals surface area contributed by atoms with E-state index in [1.165, 1.54) is 23.5 Å². The summed E-state index contributed by atoms with van der Waals surface area (Å²) in [5.41, 5.74) is 0.646. The van der Waals surface area contributed by atoms with Crippen LogP contribution in [0.25, 0.3) is 0 Å². The Hall–Kier alpha value is -2.98. The second kappa shape index (κ2) is 7.80. The second-order valence-electron chi connectivity index (χ2n) is 6.56. The fourth-order valence-electron chi connectivity index (χ4n) is 2.97. The van der Waals surface area contributed by atoms with Gasteiger partial charge in [0.05, 0.1) is 24.2 Å². The Labute approximate surface area is 167 Å². The van der Waals surface area contributed by atoms with Crippen molar-refractivity contribution in [3.05, 3.63) is 66.2 Å². The molecule has 0 saturated carbocycles. The number of benzene rings is 2. The first kappa shape index (κ1) is 19.3. The minimum Gasteiger partial charge on any atom is -0.494 e. The molecule has 1 saturated heterocycles. The standard InChI is InChI=1S/C19H19FN4O4S/c1-27-19-8-7-17(9-18(19)20)29(25,26)23-11-15(12-23)24-10-14(21-22-24)13-28-16-5-3-2-4-6-16/h2-10,15H,11-13H2,1H3. The predicted octanol–water partition coefficient (Wildman–Crippen LogP) is 2.25. The lowest BCUT2D eigenvalue weighted by molar-refractivity contribution is 0.188. The van der Waals surface area contributed by atoms with E-state index in [0.717, 1.165) is 11.8 Å². The van der Waals surface area contributed by atoms with Gasteiger partial charge in [0.25, 0.3) is 0 Å². The van der Waals surface area contributed by atoms with Gasteiger partial charge in [0.15, 0.2) is 11.6 Å². The Morgan fingerprint density at radius 3 is 2.62 bits per heavy atom. The van der Waals surface area contributed by atoms with Gasteiger partial charge in [0.2, 0.25) is 10.0 Å². The van der Waals surface area contributed by atoms with E-state index >= 15 is 0 Å². The van der Waals surface area contributed by atoms with Gasteiger partial charge in [-0.2, -0.15) is 4.31 Å². The van der Waals surface area contributed by atoms with Gasteiger partial charge in [0, 0.05) is 13.1 Å². The third-order valence-electron chi connectivity index (χ3n) is 4.65. The first-order valence-electron chi connectivity index (χ1n) is 8.89. The molecule has 0 aliphatic carbocycles. The van der Waals surface area contributed by atoms with E-state index in [1.807, 2.05) is 30.3 Å². The molecule has 2 aromatic carbocycles. The molecule has 152 valence electrons. The van der Waals surface area contributed by atoms with E-state index in [2.05, 4.69) is 10.3 Å². The first-order chi connectivity index (χ1) is 14.0. The van der Waals surface area contributed by atoms with Crippen molar-refractivity contribution in [2.45, 2.75) is 17.5 Å². The molecule has 0 amide bonds. The molecule has 29 heavy (non-hydrogen) atoms. The molecular formula is C19H19FN4O4S. The van der Waals surface area contributed by atoms with Crippen LogP contribution >= 0.6 is 0 Å². The Bertz CT molecular complexity index is 1100. The van der Waals surface area contributed by atoms with Crippen molar-refractivity contribution in [1.82, 2.24) is 19.3 Å². The maximum Gasteiger partial charge on any atom is 0.243 e. The highest BCUT2D eigenvalue weighted by atomic mass is 32.2. The third-order valence-corrected chi connectivity index (χ3v) is 6.48. The lowest BCUT2D eigenvalue weighted by Gasteiger charge is -2.37. The van der Waals surface area contributed by atoms with Crippen LogP contribution in [0.4, 0.5) is 4.39 Å². The molecular weight excluding hydrogens is 399 g/mol. The van der Waals surface area contributed by atoms with Crippen LogP contribution in [0.15, 0.2) is 59.6 Å². The fourth-order valence-corrected chi connectivity index (χ4v) is 4.50. The summed E-state index contributed by atoms with van der Waals surface area (Å²) in [6, 6.07) is 12.8. The SMILES string of the molecule is COc1ccc(S(=O)(=O)N2CC(n3cc(COc4ccccc4)nn3)C2)cc1F. The maximum atomic E-state index is 13.9. The van der Waals surface area contributed by atoms with Crippen molar-refractivity contribution >= 4 is 10.0 Å². The molecule has 0 bridgehead atoms. The number of rotatable bonds is 7. The third kappa shape index (κ3) is 3.94. The van der Waals surface area contributed by atoms with E-state index in [0.29, 0.717) is 5.69 Å². The number of hydrogen-bond acceptors (Lipinski definition) is 6. The normalized spacial score (nSPS) is 15.1. The molecule has 1 aromatic heterocycles. The summed E-state index contributed by atoms with van der Waals surface area (Å²) in [6.07, 6.45) is 1.74. The maximum absolute atomic E-state index is 13.9. The van der Waals surface area contributed by atoms with Crippen LogP contribution in [0.5, 0.6) is 11.5 Å². The van der Waals surface area contributed by atoms with Crippen LogP contribution in [0.3, 0.4) is 0 Å². The summed E-state index contributed by atoms with van der Waals surface area (Å²) in [5, 5.41) is 8.13. The highest BCUT2D eigenvalue weighted by Crippen LogP contribution is 2.29. The van der Waals surface area contributed by atoms with Crippen LogP contribution in [0.2, 0.25) is 0 Å². The van der Waals surface area contributed by atoms with Crippen LogP contribution < -0.4 is 9.47 Å². The molecule has 2 heterocycles. The molecule has 3 aromatic rings. The average molecular weight is 418 g/mol. The van der Waals surface area contributed by atoms with Gasteiger partial charge in [-0.15, -0.1) is 5.10 Å². The van der Waals surface area contributed by atoms with Gasteiger partial charge in [-0.05, 0) is 30.3 Å². The molecule has 10 heteroatoms. The predicted molar refractivity (Wildman–Crippen MR) is 102 cm³/mol. The van der Waals surface area contributed by atoms with Gasteiger partial charge in [-0.3, -0.25) is 0 Å². The number of sulfonamides is 1. The number of ether oxygens (including phenoxy) is 2. The van der Waals surface area contributed by atoms with Crippen molar-refractivity contribution in [1.29, 1.82) is 0 Å². The minimum absolute atomic E-state index is 0.00157. The smallest absolute Gasteiger partial charge is 0.243 e. The lowest BCUT2D eigenvalue weighted by atomic mass is 10.2. The molecule has 0 N–H and O–H groups in total. The van der Waals surface area contributed by atoms with Gasteiger partial charge >= 0.3 is 0 Å². The molecule has 1 aliphatic heterocycles. The fraction of sp³-hybridized carbons (Fsp3) is 0.263. The highest BCUT2D eigenvalue weighted by Gasteiger charge is 2.38. The molecule has 8 nitrogen and oxygen atoms in total. The number of aromatic nitrogens is 3. The monoisotopic (exact) mass is 418 g/mol. The summed E-state index contributed by atoms with van der Waals surface area (Å²) < 4.78 is 52.6. The summed E-state index contributed by atoms with van der Waals surface area (Å²) in [7, 11) is -2.46. The van der Waals surface area contributed by atoms with Crippen LogP contribution in [-0.4, -0.2) is 47.9 Å². The molecule has 0 radical (unpaired) electrons. The number of hydrogen-bond donors (Lipinski definition) is 0. The average Bonchev–Trinajstić information content (AvgIpc) is 3.14. The second-order valence-corrected chi connectivity index (χ2v) is 8.50. The number of nitrogens with zero attached hydrogens (tertiary/aromatic N) is 4. The molecule has 0 atom stereocenters. The van der Waals surface area contributed by atoms with Crippen molar-refractivity contribution in [3.8, 4) is 11.5 Å². The molecule has 1 fully saturated rings. The number of halogens is 1. The molecule has 0 spiro atoms. The molecule has 1 aliphatic rings. The minimum atomic E-state index is -3.78. The van der Waals surface area contributed by atoms with E-state index in [4.69, 9.17) is 9.47 Å². The zero-order chi connectivity index (χ0) is 20.4. The summed E-state index contributed by atoms with van der Waals surface area (Å²) >= 11 is 0.